The molecule has 3 aliphatic rings. The molecule has 6 heteroatoms. The molecule has 0 spiro atoms. The second-order valence-corrected chi connectivity index (χ2v) is 6.00. The van der Waals surface area contributed by atoms with Gasteiger partial charge in [0, 0.05) is 18.7 Å². The largest absolute Gasteiger partial charge is 0.469 e. The summed E-state index contributed by atoms with van der Waals surface area (Å²) in [6.07, 6.45) is 2.23. The molecule has 1 saturated carbocycles. The summed E-state index contributed by atoms with van der Waals surface area (Å²) < 4.78 is 16.4. The van der Waals surface area contributed by atoms with E-state index in [2.05, 4.69) is 15.9 Å². The van der Waals surface area contributed by atoms with Gasteiger partial charge < -0.3 is 14.2 Å². The number of ketones is 1. The number of esters is 1. The van der Waals surface area contributed by atoms with Crippen molar-refractivity contribution < 1.29 is 23.8 Å². The summed E-state index contributed by atoms with van der Waals surface area (Å²) in [6, 6.07) is 0. The minimum absolute atomic E-state index is 0.236. The minimum Gasteiger partial charge on any atom is -0.469 e. The SMILES string of the molecule is COC(=O)[C@@H]1C[C@@H]2C(Br)=C[C@]1(C)C(=O)C2(OC)OC. The molecule has 0 saturated heterocycles. The summed E-state index contributed by atoms with van der Waals surface area (Å²) >= 11 is 3.46. The molecule has 0 unspecified atom stereocenters. The molecule has 106 valence electrons. The normalized spacial score (nSPS) is 36.1. The number of halogens is 1. The third-order valence-electron chi connectivity index (χ3n) is 4.32. The fraction of sp³-hybridized carbons (Fsp3) is 0.692. The van der Waals surface area contributed by atoms with Crippen LogP contribution in [0.5, 0.6) is 0 Å². The van der Waals surface area contributed by atoms with Crippen molar-refractivity contribution >= 4 is 27.7 Å². The highest BCUT2D eigenvalue weighted by Gasteiger charge is 2.66. The minimum atomic E-state index is -1.33. The predicted octanol–water partition coefficient (Wildman–Crippen LogP) is 1.65. The number of rotatable bonds is 3. The standard InChI is InChI=1S/C13H17BrO5/c1-12-6-9(14)7(5-8(12)10(15)17-2)13(18-3,19-4)11(12)16/h6-8H,5H2,1-4H3/t7-,8+,12+/m1/s1. The van der Waals surface area contributed by atoms with E-state index >= 15 is 0 Å². The van der Waals surface area contributed by atoms with Crippen molar-refractivity contribution in [3.63, 3.8) is 0 Å². The van der Waals surface area contributed by atoms with E-state index in [0.717, 1.165) is 4.48 Å². The summed E-state index contributed by atoms with van der Waals surface area (Å²) in [5.41, 5.74) is -0.979. The number of hydrogen-bond acceptors (Lipinski definition) is 5. The maximum Gasteiger partial charge on any atom is 0.310 e. The number of hydrogen-bond donors (Lipinski definition) is 0. The molecule has 0 N–H and O–H groups in total. The molecule has 5 nitrogen and oxygen atoms in total. The zero-order chi connectivity index (χ0) is 14.4. The van der Waals surface area contributed by atoms with Crippen LogP contribution in [0.25, 0.3) is 0 Å². The van der Waals surface area contributed by atoms with E-state index in [9.17, 15) is 9.59 Å². The van der Waals surface area contributed by atoms with E-state index in [1.165, 1.54) is 21.3 Å². The van der Waals surface area contributed by atoms with E-state index in [4.69, 9.17) is 14.2 Å². The summed E-state index contributed by atoms with van der Waals surface area (Å²) in [5, 5.41) is 0. The molecule has 3 aliphatic carbocycles. The van der Waals surface area contributed by atoms with Crippen LogP contribution in [0, 0.1) is 17.3 Å². The molecule has 1 fully saturated rings. The van der Waals surface area contributed by atoms with Crippen LogP contribution in [0.3, 0.4) is 0 Å². The van der Waals surface area contributed by atoms with Crippen molar-refractivity contribution in [3.8, 4) is 0 Å². The van der Waals surface area contributed by atoms with Gasteiger partial charge in [0.1, 0.15) is 0 Å². The van der Waals surface area contributed by atoms with Crippen molar-refractivity contribution in [2.75, 3.05) is 21.3 Å². The molecule has 2 bridgehead atoms. The molecule has 0 radical (unpaired) electrons. The fourth-order valence-corrected chi connectivity index (χ4v) is 4.18. The fourth-order valence-electron chi connectivity index (χ4n) is 3.21. The summed E-state index contributed by atoms with van der Waals surface area (Å²) in [4.78, 5) is 24.6. The molecule has 0 aromatic carbocycles. The maximum absolute atomic E-state index is 12.7. The first kappa shape index (κ1) is 14.7. The summed E-state index contributed by atoms with van der Waals surface area (Å²) in [6.45, 7) is 1.72. The zero-order valence-electron chi connectivity index (χ0n) is 11.4. The summed E-state index contributed by atoms with van der Waals surface area (Å²) in [5.74, 6) is -2.78. The first-order valence-corrected chi connectivity index (χ1v) is 6.78. The van der Waals surface area contributed by atoms with Gasteiger partial charge in [0.25, 0.3) is 0 Å². The van der Waals surface area contributed by atoms with E-state index in [1.54, 1.807) is 13.0 Å². The van der Waals surface area contributed by atoms with Crippen LogP contribution in [0.15, 0.2) is 10.6 Å². The number of carbonyl (C=O) groups excluding carboxylic acids is 2. The van der Waals surface area contributed by atoms with Gasteiger partial charge in [-0.25, -0.2) is 0 Å². The van der Waals surface area contributed by atoms with E-state index in [-0.39, 0.29) is 17.7 Å². The number of ether oxygens (including phenoxy) is 3. The summed E-state index contributed by atoms with van der Waals surface area (Å²) in [7, 11) is 4.22. The Kier molecular flexibility index (Phi) is 3.62. The molecule has 0 amide bonds. The van der Waals surface area contributed by atoms with Crippen LogP contribution >= 0.6 is 15.9 Å². The van der Waals surface area contributed by atoms with Crippen LogP contribution in [0.2, 0.25) is 0 Å². The number of Topliss-reactive ketones (excluding diaryl/α,β-unsaturated/α-hetero) is 1. The highest BCUT2D eigenvalue weighted by Crippen LogP contribution is 2.57. The number of carbonyl (C=O) groups is 2. The molecular weight excluding hydrogens is 316 g/mol. The molecule has 3 rings (SSSR count). The Hall–Kier alpha value is -0.720. The predicted molar refractivity (Wildman–Crippen MR) is 70.5 cm³/mol. The Balaban J connectivity index is 2.55. The van der Waals surface area contributed by atoms with Crippen LogP contribution in [-0.2, 0) is 23.8 Å². The maximum atomic E-state index is 12.7. The highest BCUT2D eigenvalue weighted by atomic mass is 79.9. The lowest BCUT2D eigenvalue weighted by molar-refractivity contribution is -0.248. The Morgan fingerprint density at radius 3 is 2.42 bits per heavy atom. The van der Waals surface area contributed by atoms with Gasteiger partial charge in [0.15, 0.2) is 0 Å². The Morgan fingerprint density at radius 2 is 1.95 bits per heavy atom. The Bertz CT molecular complexity index is 454. The topological polar surface area (TPSA) is 61.8 Å². The smallest absolute Gasteiger partial charge is 0.310 e. The molecule has 19 heavy (non-hydrogen) atoms. The van der Waals surface area contributed by atoms with Gasteiger partial charge in [-0.3, -0.25) is 9.59 Å². The number of methoxy groups -OCH3 is 3. The number of fused-ring (bicyclic) bond motifs is 2. The van der Waals surface area contributed by atoms with Gasteiger partial charge in [-0.05, 0) is 13.3 Å². The van der Waals surface area contributed by atoms with Gasteiger partial charge in [0.05, 0.1) is 24.4 Å². The first-order valence-electron chi connectivity index (χ1n) is 5.98. The van der Waals surface area contributed by atoms with Crippen molar-refractivity contribution in [3.05, 3.63) is 10.6 Å². The lowest BCUT2D eigenvalue weighted by Gasteiger charge is -2.53. The molecular formula is C13H17BrO5. The van der Waals surface area contributed by atoms with Crippen molar-refractivity contribution in [2.24, 2.45) is 17.3 Å². The zero-order valence-corrected chi connectivity index (χ0v) is 12.9. The molecule has 0 aromatic rings. The highest BCUT2D eigenvalue weighted by molar-refractivity contribution is 9.11. The second kappa shape index (κ2) is 4.68. The van der Waals surface area contributed by atoms with Crippen molar-refractivity contribution in [2.45, 2.75) is 19.1 Å². The van der Waals surface area contributed by atoms with Gasteiger partial charge in [-0.1, -0.05) is 22.0 Å². The van der Waals surface area contributed by atoms with Crippen LogP contribution in [-0.4, -0.2) is 38.9 Å². The van der Waals surface area contributed by atoms with Crippen LogP contribution < -0.4 is 0 Å². The van der Waals surface area contributed by atoms with Crippen molar-refractivity contribution in [1.29, 1.82) is 0 Å². The van der Waals surface area contributed by atoms with Crippen LogP contribution in [0.4, 0.5) is 0 Å². The van der Waals surface area contributed by atoms with E-state index in [1.807, 2.05) is 0 Å². The third kappa shape index (κ3) is 1.73. The quantitative estimate of drug-likeness (QED) is 0.581. The Morgan fingerprint density at radius 1 is 1.37 bits per heavy atom. The monoisotopic (exact) mass is 332 g/mol. The van der Waals surface area contributed by atoms with E-state index < -0.39 is 17.1 Å². The average Bonchev–Trinajstić information content (AvgIpc) is 2.40. The molecule has 0 heterocycles. The molecule has 0 aliphatic heterocycles. The van der Waals surface area contributed by atoms with Gasteiger partial charge in [0.2, 0.25) is 11.6 Å². The lowest BCUT2D eigenvalue weighted by Crippen LogP contribution is -2.65. The molecule has 3 atom stereocenters. The second-order valence-electron chi connectivity index (χ2n) is 5.08. The van der Waals surface area contributed by atoms with E-state index in [0.29, 0.717) is 6.42 Å². The van der Waals surface area contributed by atoms with Gasteiger partial charge >= 0.3 is 5.97 Å². The van der Waals surface area contributed by atoms with Gasteiger partial charge in [-0.2, -0.15) is 0 Å². The lowest BCUT2D eigenvalue weighted by atomic mass is 9.56. The number of allylic oxidation sites excluding steroid dienone is 1. The van der Waals surface area contributed by atoms with Crippen LogP contribution in [0.1, 0.15) is 13.3 Å². The first-order chi connectivity index (χ1) is 8.87. The van der Waals surface area contributed by atoms with Gasteiger partial charge in [-0.15, -0.1) is 0 Å². The Labute approximate surface area is 120 Å². The average molecular weight is 333 g/mol. The molecule has 0 aromatic heterocycles. The van der Waals surface area contributed by atoms with Crippen molar-refractivity contribution in [1.82, 2.24) is 0 Å². The third-order valence-corrected chi connectivity index (χ3v) is 5.10.